The SMILES string of the molecule is COc1ccc(I)cc1C[Si]. The molecule has 1 nitrogen and oxygen atoms in total. The molecule has 0 aromatic heterocycles. The largest absolute Gasteiger partial charge is 0.496 e. The fourth-order valence-electron chi connectivity index (χ4n) is 0.885. The minimum Gasteiger partial charge on any atom is -0.496 e. The van der Waals surface area contributed by atoms with Crippen molar-refractivity contribution in [2.75, 3.05) is 7.11 Å². The molecule has 0 atom stereocenters. The van der Waals surface area contributed by atoms with E-state index in [0.29, 0.717) is 0 Å². The Morgan fingerprint density at radius 2 is 2.27 bits per heavy atom. The molecule has 3 heteroatoms. The van der Waals surface area contributed by atoms with Crippen molar-refractivity contribution >= 4 is 32.8 Å². The summed E-state index contributed by atoms with van der Waals surface area (Å²) in [5.74, 6) is 0.945. The lowest BCUT2D eigenvalue weighted by Crippen LogP contribution is -1.92. The zero-order valence-corrected chi connectivity index (χ0v) is 9.38. The zero-order valence-electron chi connectivity index (χ0n) is 6.23. The molecular formula is C8H8IOSi. The third-order valence-corrected chi connectivity index (χ3v) is 2.48. The molecule has 1 rings (SSSR count). The van der Waals surface area contributed by atoms with Crippen LogP contribution in [0.1, 0.15) is 5.56 Å². The molecule has 0 aliphatic rings. The Bertz CT molecular complexity index is 250. The molecule has 0 spiro atoms. The van der Waals surface area contributed by atoms with Gasteiger partial charge in [-0.2, -0.15) is 0 Å². The summed E-state index contributed by atoms with van der Waals surface area (Å²) in [7, 11) is 5.13. The molecule has 0 amide bonds. The number of rotatable bonds is 2. The Balaban J connectivity index is 3.06. The van der Waals surface area contributed by atoms with Crippen LogP contribution in [0, 0.1) is 3.57 Å². The van der Waals surface area contributed by atoms with E-state index < -0.39 is 0 Å². The van der Waals surface area contributed by atoms with Gasteiger partial charge in [0.15, 0.2) is 0 Å². The minimum atomic E-state index is 0.833. The summed E-state index contributed by atoms with van der Waals surface area (Å²) >= 11 is 2.28. The average molecular weight is 275 g/mol. The summed E-state index contributed by atoms with van der Waals surface area (Å²) in [6.45, 7) is 0. The van der Waals surface area contributed by atoms with Crippen LogP contribution in [-0.2, 0) is 6.04 Å². The smallest absolute Gasteiger partial charge is 0.121 e. The van der Waals surface area contributed by atoms with E-state index in [9.17, 15) is 0 Å². The molecule has 0 heterocycles. The van der Waals surface area contributed by atoms with E-state index in [1.54, 1.807) is 7.11 Å². The maximum atomic E-state index is 5.16. The Hall–Kier alpha value is -0.0331. The molecule has 0 saturated carbocycles. The molecule has 11 heavy (non-hydrogen) atoms. The molecule has 3 radical (unpaired) electrons. The number of benzene rings is 1. The highest BCUT2D eigenvalue weighted by molar-refractivity contribution is 14.1. The first-order valence-corrected chi connectivity index (χ1v) is 5.03. The third kappa shape index (κ3) is 2.20. The van der Waals surface area contributed by atoms with Gasteiger partial charge in [0.25, 0.3) is 0 Å². The predicted molar refractivity (Wildman–Crippen MR) is 55.2 cm³/mol. The van der Waals surface area contributed by atoms with Gasteiger partial charge in [0, 0.05) is 13.8 Å². The summed E-state index contributed by atoms with van der Waals surface area (Å²) < 4.78 is 6.39. The first-order chi connectivity index (χ1) is 5.27. The zero-order chi connectivity index (χ0) is 8.27. The van der Waals surface area contributed by atoms with Gasteiger partial charge in [0.05, 0.1) is 7.11 Å². The maximum Gasteiger partial charge on any atom is 0.121 e. The van der Waals surface area contributed by atoms with Gasteiger partial charge in [-0.3, -0.25) is 0 Å². The second-order valence-corrected chi connectivity index (χ2v) is 3.73. The molecule has 1 aromatic rings. The van der Waals surface area contributed by atoms with Crippen molar-refractivity contribution in [1.82, 2.24) is 0 Å². The van der Waals surface area contributed by atoms with E-state index in [0.717, 1.165) is 11.8 Å². The first-order valence-electron chi connectivity index (χ1n) is 3.25. The molecule has 0 bridgehead atoms. The van der Waals surface area contributed by atoms with Crippen LogP contribution in [0.25, 0.3) is 0 Å². The first kappa shape index (κ1) is 9.06. The Kier molecular flexibility index (Phi) is 3.38. The van der Waals surface area contributed by atoms with Crippen molar-refractivity contribution in [2.45, 2.75) is 6.04 Å². The molecule has 0 fully saturated rings. The second kappa shape index (κ2) is 4.11. The molecule has 57 valence electrons. The lowest BCUT2D eigenvalue weighted by atomic mass is 10.2. The van der Waals surface area contributed by atoms with Crippen molar-refractivity contribution in [3.8, 4) is 5.75 Å². The highest BCUT2D eigenvalue weighted by atomic mass is 127. The number of halogens is 1. The van der Waals surface area contributed by atoms with E-state index in [4.69, 9.17) is 4.74 Å². The monoisotopic (exact) mass is 275 g/mol. The highest BCUT2D eigenvalue weighted by Gasteiger charge is 1.99. The summed E-state index contributed by atoms with van der Waals surface area (Å²) in [5, 5.41) is 0. The summed E-state index contributed by atoms with van der Waals surface area (Å²) in [6, 6.07) is 6.95. The van der Waals surface area contributed by atoms with Crippen LogP contribution in [0.15, 0.2) is 18.2 Å². The Labute approximate surface area is 83.7 Å². The molecule has 0 aliphatic carbocycles. The maximum absolute atomic E-state index is 5.16. The van der Waals surface area contributed by atoms with Crippen molar-refractivity contribution in [1.29, 1.82) is 0 Å². The van der Waals surface area contributed by atoms with Crippen molar-refractivity contribution in [2.24, 2.45) is 0 Å². The lowest BCUT2D eigenvalue weighted by molar-refractivity contribution is 0.411. The normalized spacial score (nSPS) is 9.73. The van der Waals surface area contributed by atoms with Crippen molar-refractivity contribution < 1.29 is 4.74 Å². The average Bonchev–Trinajstić information content (AvgIpc) is 2.04. The molecule has 0 saturated heterocycles. The van der Waals surface area contributed by atoms with E-state index in [2.05, 4.69) is 38.9 Å². The van der Waals surface area contributed by atoms with Gasteiger partial charge in [0.1, 0.15) is 5.75 Å². The van der Waals surface area contributed by atoms with E-state index in [1.165, 1.54) is 9.13 Å². The molecular weight excluding hydrogens is 267 g/mol. The Morgan fingerprint density at radius 1 is 1.55 bits per heavy atom. The molecule has 0 unspecified atom stereocenters. The fraction of sp³-hybridized carbons (Fsp3) is 0.250. The lowest BCUT2D eigenvalue weighted by Gasteiger charge is -2.05. The summed E-state index contributed by atoms with van der Waals surface area (Å²) in [5.41, 5.74) is 1.19. The third-order valence-electron chi connectivity index (χ3n) is 1.43. The van der Waals surface area contributed by atoms with Crippen LogP contribution in [0.5, 0.6) is 5.75 Å². The Morgan fingerprint density at radius 3 is 2.82 bits per heavy atom. The molecule has 0 aliphatic heterocycles. The van der Waals surface area contributed by atoms with Crippen molar-refractivity contribution in [3.05, 3.63) is 27.3 Å². The van der Waals surface area contributed by atoms with Crippen LogP contribution in [0.2, 0.25) is 0 Å². The minimum absolute atomic E-state index is 0.833. The van der Waals surface area contributed by atoms with Crippen LogP contribution in [0.4, 0.5) is 0 Å². The van der Waals surface area contributed by atoms with Gasteiger partial charge in [-0.25, -0.2) is 0 Å². The molecule has 1 aromatic carbocycles. The quantitative estimate of drug-likeness (QED) is 0.592. The summed E-state index contributed by atoms with van der Waals surface area (Å²) in [6.07, 6.45) is 0. The number of hydrogen-bond donors (Lipinski definition) is 0. The summed E-state index contributed by atoms with van der Waals surface area (Å²) in [4.78, 5) is 0. The number of methoxy groups -OCH3 is 1. The standard InChI is InChI=1S/C8H8IOSi/c1-10-8-3-2-7(9)4-6(8)5-11/h2-4H,5H2,1H3. The highest BCUT2D eigenvalue weighted by Crippen LogP contribution is 2.20. The van der Waals surface area contributed by atoms with Gasteiger partial charge in [-0.15, -0.1) is 0 Å². The fourth-order valence-corrected chi connectivity index (χ4v) is 1.72. The van der Waals surface area contributed by atoms with Crippen LogP contribution in [-0.4, -0.2) is 17.4 Å². The number of hydrogen-bond acceptors (Lipinski definition) is 1. The van der Waals surface area contributed by atoms with Gasteiger partial charge >= 0.3 is 0 Å². The van der Waals surface area contributed by atoms with E-state index in [-0.39, 0.29) is 0 Å². The van der Waals surface area contributed by atoms with Gasteiger partial charge in [-0.1, -0.05) is 0 Å². The molecule has 0 N–H and O–H groups in total. The number of ether oxygens (including phenoxy) is 1. The van der Waals surface area contributed by atoms with Gasteiger partial charge in [-0.05, 0) is 52.4 Å². The van der Waals surface area contributed by atoms with Crippen LogP contribution in [0.3, 0.4) is 0 Å². The van der Waals surface area contributed by atoms with Crippen LogP contribution >= 0.6 is 22.6 Å². The predicted octanol–water partition coefficient (Wildman–Crippen LogP) is 1.97. The topological polar surface area (TPSA) is 9.23 Å². The van der Waals surface area contributed by atoms with E-state index in [1.807, 2.05) is 12.1 Å². The van der Waals surface area contributed by atoms with Gasteiger partial charge in [0.2, 0.25) is 0 Å². The second-order valence-electron chi connectivity index (χ2n) is 2.13. The van der Waals surface area contributed by atoms with Gasteiger partial charge < -0.3 is 4.74 Å². The van der Waals surface area contributed by atoms with Crippen LogP contribution < -0.4 is 4.74 Å². The van der Waals surface area contributed by atoms with E-state index >= 15 is 0 Å². The van der Waals surface area contributed by atoms with Crippen molar-refractivity contribution in [3.63, 3.8) is 0 Å².